The maximum atomic E-state index is 12.4. The minimum Gasteiger partial charge on any atom is -0.398 e. The number of fused-ring (bicyclic) bond motifs is 1. The number of halogens is 3. The molecule has 0 saturated heterocycles. The summed E-state index contributed by atoms with van der Waals surface area (Å²) in [6, 6.07) is 7.31. The lowest BCUT2D eigenvalue weighted by Gasteiger charge is -2.29. The van der Waals surface area contributed by atoms with E-state index in [2.05, 4.69) is 16.0 Å². The number of nitrogens with two attached hydrogens (primary N) is 2. The van der Waals surface area contributed by atoms with E-state index in [0.717, 1.165) is 18.9 Å². The number of carbonyl (C=O) groups excluding carboxylic acids is 2. The molecule has 5 N–H and O–H groups in total. The van der Waals surface area contributed by atoms with Crippen LogP contribution in [0, 0.1) is 5.92 Å². The summed E-state index contributed by atoms with van der Waals surface area (Å²) in [5, 5.41) is 3.52. The zero-order valence-corrected chi connectivity index (χ0v) is 21.0. The van der Waals surface area contributed by atoms with Gasteiger partial charge in [-0.1, -0.05) is 63.1 Å². The van der Waals surface area contributed by atoms with Crippen LogP contribution in [-0.2, 0) is 15.8 Å². The molecule has 0 bridgehead atoms. The molecule has 0 aliphatic heterocycles. The Hall–Kier alpha value is -2.84. The van der Waals surface area contributed by atoms with E-state index >= 15 is 0 Å². The van der Waals surface area contributed by atoms with Gasteiger partial charge in [0.2, 0.25) is 12.3 Å². The van der Waals surface area contributed by atoms with Crippen molar-refractivity contribution in [2.24, 2.45) is 11.7 Å². The van der Waals surface area contributed by atoms with Gasteiger partial charge in [-0.3, -0.25) is 9.59 Å². The van der Waals surface area contributed by atoms with Crippen LogP contribution in [-0.4, -0.2) is 22.8 Å². The second-order valence-electron chi connectivity index (χ2n) is 9.74. The van der Waals surface area contributed by atoms with Gasteiger partial charge in [-0.15, -0.1) is 0 Å². The maximum Gasteiger partial charge on any atom is 0.433 e. The number of rotatable bonds is 1. The fourth-order valence-electron chi connectivity index (χ4n) is 3.55. The number of amides is 2. The number of alkyl halides is 3. The van der Waals surface area contributed by atoms with Crippen molar-refractivity contribution in [3.63, 3.8) is 0 Å². The molecule has 2 aliphatic rings. The van der Waals surface area contributed by atoms with Crippen LogP contribution in [0.4, 0.5) is 18.9 Å². The average molecular weight is 497 g/mol. The molecule has 9 heteroatoms. The third kappa shape index (κ3) is 11.9. The topological polar surface area (TPSA) is 111 Å². The number of nitrogens with one attached hydrogen (secondary N) is 1. The summed E-state index contributed by atoms with van der Waals surface area (Å²) in [6.45, 7) is 6.05. The quantitative estimate of drug-likeness (QED) is 0.422. The van der Waals surface area contributed by atoms with E-state index in [1.54, 1.807) is 18.2 Å². The lowest BCUT2D eigenvalue weighted by Crippen LogP contribution is -2.45. The second kappa shape index (κ2) is 14.5. The van der Waals surface area contributed by atoms with Crippen LogP contribution in [0.3, 0.4) is 0 Å². The number of carbonyl (C=O) groups is 2. The van der Waals surface area contributed by atoms with Crippen molar-refractivity contribution in [2.75, 3.05) is 5.73 Å². The number of nitrogens with zero attached hydrogens (tertiary/aromatic N) is 1. The van der Waals surface area contributed by atoms with Crippen LogP contribution in [0.5, 0.6) is 0 Å². The zero-order chi connectivity index (χ0) is 26.5. The molecular weight excluding hydrogens is 457 g/mol. The Morgan fingerprint density at radius 3 is 1.89 bits per heavy atom. The Kier molecular flexibility index (Phi) is 12.5. The van der Waals surface area contributed by atoms with Crippen molar-refractivity contribution < 1.29 is 22.8 Å². The molecule has 0 atom stereocenters. The summed E-state index contributed by atoms with van der Waals surface area (Å²) in [5.41, 5.74) is 9.00. The first-order chi connectivity index (χ1) is 16.4. The number of hydrogen-bond donors (Lipinski definition) is 3. The number of anilines is 1. The van der Waals surface area contributed by atoms with Gasteiger partial charge in [-0.05, 0) is 45.7 Å². The molecule has 2 aliphatic carbocycles. The summed E-state index contributed by atoms with van der Waals surface area (Å²) in [5.74, 6) is 0.554. The maximum absolute atomic E-state index is 12.4. The molecule has 2 aromatic rings. The summed E-state index contributed by atoms with van der Waals surface area (Å²) in [6.07, 6.45) is 8.18. The van der Waals surface area contributed by atoms with Gasteiger partial charge in [-0.25, -0.2) is 4.98 Å². The Labute approximate surface area is 206 Å². The number of nitrogen functional groups attached to an aromatic ring is 1. The lowest BCUT2D eigenvalue weighted by molar-refractivity contribution is -0.141. The number of pyridine rings is 1. The molecule has 4 rings (SSSR count). The highest BCUT2D eigenvalue weighted by atomic mass is 19.4. The molecule has 1 aromatic carbocycles. The van der Waals surface area contributed by atoms with Gasteiger partial charge in [0.1, 0.15) is 5.69 Å². The smallest absolute Gasteiger partial charge is 0.398 e. The van der Waals surface area contributed by atoms with Gasteiger partial charge < -0.3 is 16.8 Å². The van der Waals surface area contributed by atoms with Gasteiger partial charge in [0, 0.05) is 22.5 Å². The van der Waals surface area contributed by atoms with Crippen LogP contribution in [0.2, 0.25) is 0 Å². The van der Waals surface area contributed by atoms with Crippen LogP contribution >= 0.6 is 0 Å². The molecule has 0 spiro atoms. The molecule has 1 aromatic heterocycles. The van der Waals surface area contributed by atoms with Gasteiger partial charge in [0.25, 0.3) is 0 Å². The van der Waals surface area contributed by atoms with Crippen molar-refractivity contribution in [1.82, 2.24) is 10.3 Å². The summed E-state index contributed by atoms with van der Waals surface area (Å²) >= 11 is 0. The van der Waals surface area contributed by atoms with Crippen LogP contribution in [0.1, 0.15) is 84.3 Å². The monoisotopic (exact) mass is 496 g/mol. The van der Waals surface area contributed by atoms with E-state index in [-0.39, 0.29) is 29.1 Å². The van der Waals surface area contributed by atoms with Gasteiger partial charge in [0.05, 0.1) is 5.52 Å². The third-order valence-electron chi connectivity index (χ3n) is 5.51. The highest BCUT2D eigenvalue weighted by molar-refractivity contribution is 5.90. The van der Waals surface area contributed by atoms with Crippen molar-refractivity contribution in [3.8, 4) is 0 Å². The third-order valence-corrected chi connectivity index (χ3v) is 5.51. The van der Waals surface area contributed by atoms with Crippen molar-refractivity contribution in [1.29, 1.82) is 0 Å². The normalized spacial score (nSPS) is 15.6. The minimum absolute atomic E-state index is 0.0628. The fraction of sp³-hybridized carbons (Fsp3) is 0.577. The van der Waals surface area contributed by atoms with E-state index in [0.29, 0.717) is 11.3 Å². The first-order valence-electron chi connectivity index (χ1n) is 12.1. The predicted molar refractivity (Wildman–Crippen MR) is 134 cm³/mol. The Bertz CT molecular complexity index is 907. The van der Waals surface area contributed by atoms with E-state index in [4.69, 9.17) is 10.5 Å². The standard InChI is InChI=1S/C10H7F3N2.C9H17NO.C6H12.CH3NO/c11-10(12,13)9-5-7(14)6-3-1-2-4-8(6)15-9;1-9(2,3)10-8(11)7-5-4-6-7;1-2-4-6-5-3-1;2-1-3/h1-5H,(H2,14,15);7H,4-6H2,1-3H3,(H,10,11);1-6H2;1H,(H2,2,3). The van der Waals surface area contributed by atoms with Gasteiger partial charge >= 0.3 is 6.18 Å². The molecular formula is C26H39F3N4O2. The first-order valence-corrected chi connectivity index (χ1v) is 12.1. The molecule has 2 saturated carbocycles. The highest BCUT2D eigenvalue weighted by Crippen LogP contribution is 2.31. The molecule has 6 nitrogen and oxygen atoms in total. The molecule has 35 heavy (non-hydrogen) atoms. The highest BCUT2D eigenvalue weighted by Gasteiger charge is 2.33. The Morgan fingerprint density at radius 2 is 1.49 bits per heavy atom. The fourth-order valence-corrected chi connectivity index (χ4v) is 3.55. The summed E-state index contributed by atoms with van der Waals surface area (Å²) < 4.78 is 37.1. The number of primary amides is 1. The predicted octanol–water partition coefficient (Wildman–Crippen LogP) is 5.98. The van der Waals surface area contributed by atoms with E-state index in [1.165, 1.54) is 51.0 Å². The van der Waals surface area contributed by atoms with Crippen molar-refractivity contribution >= 4 is 28.9 Å². The first kappa shape index (κ1) is 30.2. The summed E-state index contributed by atoms with van der Waals surface area (Å²) in [4.78, 5) is 23.4. The largest absolute Gasteiger partial charge is 0.433 e. The molecule has 0 unspecified atom stereocenters. The van der Waals surface area contributed by atoms with Crippen LogP contribution in [0.25, 0.3) is 10.9 Å². The van der Waals surface area contributed by atoms with Crippen LogP contribution in [0.15, 0.2) is 30.3 Å². The average Bonchev–Trinajstić information content (AvgIpc) is 2.73. The summed E-state index contributed by atoms with van der Waals surface area (Å²) in [7, 11) is 0. The Balaban J connectivity index is 0.000000267. The SMILES string of the molecule is C1CCCCC1.CC(C)(C)NC(=O)C1CCC1.NC=O.Nc1cc(C(F)(F)F)nc2ccccc12. The number of benzene rings is 1. The second-order valence-corrected chi connectivity index (χ2v) is 9.74. The lowest BCUT2D eigenvalue weighted by atomic mass is 9.84. The number of aromatic nitrogens is 1. The number of para-hydroxylation sites is 1. The van der Waals surface area contributed by atoms with Gasteiger partial charge in [0.15, 0.2) is 0 Å². The minimum atomic E-state index is -4.46. The Morgan fingerprint density at radius 1 is 1.00 bits per heavy atom. The molecule has 1 heterocycles. The number of hydrogen-bond acceptors (Lipinski definition) is 4. The van der Waals surface area contributed by atoms with Gasteiger partial charge in [-0.2, -0.15) is 13.2 Å². The van der Waals surface area contributed by atoms with E-state index < -0.39 is 11.9 Å². The molecule has 2 amide bonds. The molecule has 0 radical (unpaired) electrons. The van der Waals surface area contributed by atoms with Crippen molar-refractivity contribution in [2.45, 2.75) is 90.3 Å². The molecule has 196 valence electrons. The van der Waals surface area contributed by atoms with Crippen molar-refractivity contribution in [3.05, 3.63) is 36.0 Å². The molecule has 2 fully saturated rings. The van der Waals surface area contributed by atoms with Crippen LogP contribution < -0.4 is 16.8 Å². The zero-order valence-electron chi connectivity index (χ0n) is 21.0. The van der Waals surface area contributed by atoms with E-state index in [1.807, 2.05) is 20.8 Å². The van der Waals surface area contributed by atoms with E-state index in [9.17, 15) is 18.0 Å².